The van der Waals surface area contributed by atoms with Gasteiger partial charge in [-0.3, -0.25) is 14.7 Å². The number of hydrogen-bond acceptors (Lipinski definition) is 5. The van der Waals surface area contributed by atoms with Gasteiger partial charge in [0, 0.05) is 39.8 Å². The maximum absolute atomic E-state index is 12.7. The number of rotatable bonds is 4. The van der Waals surface area contributed by atoms with Crippen molar-refractivity contribution in [2.45, 2.75) is 41.6 Å². The van der Waals surface area contributed by atoms with Crippen LogP contribution in [0.4, 0.5) is 0 Å². The molecule has 3 aliphatic heterocycles. The minimum atomic E-state index is 0.00490. The smallest absolute Gasteiger partial charge is 0.251 e. The largest absolute Gasteiger partial charge is 0.347 e. The van der Waals surface area contributed by atoms with Crippen molar-refractivity contribution in [1.82, 2.24) is 15.2 Å². The Kier molecular flexibility index (Phi) is 5.15. The van der Waals surface area contributed by atoms with Crippen molar-refractivity contribution in [3.63, 3.8) is 0 Å². The van der Waals surface area contributed by atoms with Gasteiger partial charge in [-0.25, -0.2) is 0 Å². The van der Waals surface area contributed by atoms with Gasteiger partial charge >= 0.3 is 0 Å². The van der Waals surface area contributed by atoms with Gasteiger partial charge < -0.3 is 5.32 Å². The molecule has 1 amide bonds. The molecule has 2 aromatic rings. The number of nitriles is 1. The first-order valence-corrected chi connectivity index (χ1v) is 10.1. The van der Waals surface area contributed by atoms with Crippen molar-refractivity contribution in [1.29, 1.82) is 5.26 Å². The second-order valence-corrected chi connectivity index (χ2v) is 8.41. The molecule has 5 nitrogen and oxygen atoms in total. The number of carbonyl (C=O) groups is 1. The van der Waals surface area contributed by atoms with E-state index in [1.165, 1.54) is 24.6 Å². The maximum atomic E-state index is 12.7. The molecule has 0 radical (unpaired) electrons. The lowest BCUT2D eigenvalue weighted by Crippen LogP contribution is -2.62. The fraction of sp³-hybridized carbons (Fsp3) is 0.381. The van der Waals surface area contributed by atoms with Crippen LogP contribution in [0.5, 0.6) is 0 Å². The molecule has 1 aromatic heterocycles. The van der Waals surface area contributed by atoms with Crippen molar-refractivity contribution in [3.05, 3.63) is 53.9 Å². The minimum absolute atomic E-state index is 0.00490. The van der Waals surface area contributed by atoms with Crippen LogP contribution in [0.15, 0.2) is 52.5 Å². The fourth-order valence-corrected chi connectivity index (χ4v) is 4.97. The summed E-state index contributed by atoms with van der Waals surface area (Å²) in [7, 11) is 0. The fourth-order valence-electron chi connectivity index (χ4n) is 4.13. The Morgan fingerprint density at radius 3 is 2.63 bits per heavy atom. The minimum Gasteiger partial charge on any atom is -0.347 e. The van der Waals surface area contributed by atoms with Crippen molar-refractivity contribution >= 4 is 17.7 Å². The summed E-state index contributed by atoms with van der Waals surface area (Å²) in [5.41, 5.74) is 1.23. The van der Waals surface area contributed by atoms with Crippen LogP contribution in [0.3, 0.4) is 0 Å². The number of fused-ring (bicyclic) bond motifs is 3. The molecule has 3 saturated heterocycles. The van der Waals surface area contributed by atoms with Crippen LogP contribution in [0.25, 0.3) is 0 Å². The van der Waals surface area contributed by atoms with Crippen LogP contribution in [-0.2, 0) is 0 Å². The van der Waals surface area contributed by atoms with Gasteiger partial charge in [-0.2, -0.15) is 5.26 Å². The highest BCUT2D eigenvalue weighted by Crippen LogP contribution is 2.32. The Hall–Kier alpha value is -2.36. The van der Waals surface area contributed by atoms with Gasteiger partial charge in [0.25, 0.3) is 5.91 Å². The third-order valence-corrected chi connectivity index (χ3v) is 6.64. The molecule has 27 heavy (non-hydrogen) atoms. The number of pyridine rings is 1. The van der Waals surface area contributed by atoms with Crippen molar-refractivity contribution < 1.29 is 4.79 Å². The average Bonchev–Trinajstić information content (AvgIpc) is 2.71. The van der Waals surface area contributed by atoms with Gasteiger partial charge in [0.05, 0.1) is 5.56 Å². The normalized spacial score (nSPS) is 26.4. The number of nitrogens with zero attached hydrogens (tertiary/aromatic N) is 3. The van der Waals surface area contributed by atoms with Gasteiger partial charge in [-0.1, -0.05) is 11.8 Å². The summed E-state index contributed by atoms with van der Waals surface area (Å²) in [6.45, 7) is 4.54. The Morgan fingerprint density at radius 2 is 1.96 bits per heavy atom. The van der Waals surface area contributed by atoms with E-state index in [4.69, 9.17) is 5.26 Å². The molecule has 0 spiro atoms. The molecule has 3 fully saturated rings. The predicted octanol–water partition coefficient (Wildman–Crippen LogP) is 3.32. The van der Waals surface area contributed by atoms with Gasteiger partial charge in [-0.15, -0.1) is 0 Å². The van der Waals surface area contributed by atoms with Crippen molar-refractivity contribution in [3.8, 4) is 6.07 Å². The molecule has 0 aliphatic carbocycles. The Morgan fingerprint density at radius 1 is 1.22 bits per heavy atom. The van der Waals surface area contributed by atoms with E-state index in [-0.39, 0.29) is 11.9 Å². The zero-order chi connectivity index (χ0) is 18.8. The predicted molar refractivity (Wildman–Crippen MR) is 105 cm³/mol. The number of benzene rings is 1. The summed E-state index contributed by atoms with van der Waals surface area (Å²) in [6.07, 6.45) is 5.65. The van der Waals surface area contributed by atoms with E-state index in [1.807, 2.05) is 30.3 Å². The molecule has 4 heterocycles. The van der Waals surface area contributed by atoms with Crippen LogP contribution >= 0.6 is 11.8 Å². The number of carbonyl (C=O) groups excluding carboxylic acids is 1. The number of nitrogens with one attached hydrogen (secondary N) is 1. The number of hydrogen-bond donors (Lipinski definition) is 1. The summed E-state index contributed by atoms with van der Waals surface area (Å²) in [6, 6.07) is 12.2. The zero-order valence-electron chi connectivity index (χ0n) is 15.3. The molecule has 1 aromatic carbocycles. The summed E-state index contributed by atoms with van der Waals surface area (Å²) in [4.78, 5) is 21.2. The topological polar surface area (TPSA) is 69.0 Å². The Balaban J connectivity index is 1.41. The Bertz CT molecular complexity index is 866. The second kappa shape index (κ2) is 7.71. The van der Waals surface area contributed by atoms with E-state index >= 15 is 0 Å². The molecule has 1 N–H and O–H groups in total. The number of amides is 1. The third-order valence-electron chi connectivity index (χ3n) is 5.67. The second-order valence-electron chi connectivity index (χ2n) is 7.26. The van der Waals surface area contributed by atoms with Gasteiger partial charge in [0.2, 0.25) is 0 Å². The molecule has 0 saturated carbocycles. The molecule has 6 heteroatoms. The quantitative estimate of drug-likeness (QED) is 0.884. The van der Waals surface area contributed by atoms with Crippen LogP contribution in [0, 0.1) is 17.2 Å². The lowest BCUT2D eigenvalue weighted by atomic mass is 9.79. The van der Waals surface area contributed by atoms with Crippen LogP contribution in [0.2, 0.25) is 0 Å². The third kappa shape index (κ3) is 3.85. The SMILES string of the molecule is C[C@H]1[C@H](NC(=O)c2ccc(Sc3cncc(C#N)c3)cc2)C2CCN1CC2. The zero-order valence-corrected chi connectivity index (χ0v) is 16.1. The molecule has 0 unspecified atom stereocenters. The summed E-state index contributed by atoms with van der Waals surface area (Å²) < 4.78 is 0. The molecular formula is C21H22N4OS. The highest BCUT2D eigenvalue weighted by molar-refractivity contribution is 7.99. The summed E-state index contributed by atoms with van der Waals surface area (Å²) >= 11 is 1.53. The molecule has 2 bridgehead atoms. The lowest BCUT2D eigenvalue weighted by molar-refractivity contribution is 0.0217. The summed E-state index contributed by atoms with van der Waals surface area (Å²) in [5.74, 6) is 0.606. The van der Waals surface area contributed by atoms with E-state index < -0.39 is 0 Å². The van der Waals surface area contributed by atoms with E-state index in [0.29, 0.717) is 23.1 Å². The van der Waals surface area contributed by atoms with Crippen LogP contribution in [0.1, 0.15) is 35.7 Å². The first-order valence-electron chi connectivity index (χ1n) is 9.32. The molecule has 5 rings (SSSR count). The number of aromatic nitrogens is 1. The first-order chi connectivity index (χ1) is 13.1. The van der Waals surface area contributed by atoms with E-state index in [9.17, 15) is 4.79 Å². The van der Waals surface area contributed by atoms with E-state index in [1.54, 1.807) is 12.4 Å². The monoisotopic (exact) mass is 378 g/mol. The van der Waals surface area contributed by atoms with Gasteiger partial charge in [-0.05, 0) is 69.1 Å². The lowest BCUT2D eigenvalue weighted by Gasteiger charge is -2.49. The van der Waals surface area contributed by atoms with Crippen LogP contribution < -0.4 is 5.32 Å². The summed E-state index contributed by atoms with van der Waals surface area (Å²) in [5, 5.41) is 12.2. The van der Waals surface area contributed by atoms with E-state index in [0.717, 1.165) is 22.9 Å². The molecule has 3 aliphatic rings. The molecule has 2 atom stereocenters. The Labute approximate surface area is 163 Å². The average molecular weight is 379 g/mol. The first kappa shape index (κ1) is 18.0. The number of piperidine rings is 3. The van der Waals surface area contributed by atoms with Gasteiger partial charge in [0.15, 0.2) is 0 Å². The van der Waals surface area contributed by atoms with Crippen molar-refractivity contribution in [2.24, 2.45) is 5.92 Å². The van der Waals surface area contributed by atoms with Crippen LogP contribution in [-0.4, -0.2) is 41.0 Å². The van der Waals surface area contributed by atoms with Gasteiger partial charge in [0.1, 0.15) is 6.07 Å². The standard InChI is InChI=1S/C21H22N4OS/c1-14-20(16-6-8-25(14)9-7-16)24-21(26)17-2-4-18(5-3-17)27-19-10-15(11-22)12-23-13-19/h2-5,10,12-14,16,20H,6-9H2,1H3,(H,24,26)/t14-,20-/m0/s1. The maximum Gasteiger partial charge on any atom is 0.251 e. The highest BCUT2D eigenvalue weighted by atomic mass is 32.2. The molecule has 138 valence electrons. The highest BCUT2D eigenvalue weighted by Gasteiger charge is 2.40. The molecular weight excluding hydrogens is 356 g/mol. The van der Waals surface area contributed by atoms with E-state index in [2.05, 4.69) is 28.2 Å². The van der Waals surface area contributed by atoms with Crippen molar-refractivity contribution in [2.75, 3.05) is 13.1 Å².